The number of ether oxygens (including phenoxy) is 1. The maximum Gasteiger partial charge on any atom is 0.358 e. The fourth-order valence-corrected chi connectivity index (χ4v) is 3.64. The van der Waals surface area contributed by atoms with E-state index < -0.39 is 18.0 Å². The highest BCUT2D eigenvalue weighted by molar-refractivity contribution is 7.20. The molecular weight excluding hydrogens is 382 g/mol. The van der Waals surface area contributed by atoms with Crippen LogP contribution in [0.5, 0.6) is 0 Å². The Hall–Kier alpha value is -2.29. The van der Waals surface area contributed by atoms with Gasteiger partial charge in [0, 0.05) is 11.6 Å². The molecule has 128 valence electrons. The zero-order valence-electron chi connectivity index (χ0n) is 12.9. The molecular formula is C16H12ClN3O3S2. The van der Waals surface area contributed by atoms with Crippen LogP contribution in [-0.2, 0) is 9.53 Å². The van der Waals surface area contributed by atoms with Crippen molar-refractivity contribution in [3.63, 3.8) is 0 Å². The Labute approximate surface area is 156 Å². The first-order chi connectivity index (χ1) is 12.0. The molecule has 0 aromatic carbocycles. The summed E-state index contributed by atoms with van der Waals surface area (Å²) < 4.78 is 5.17. The molecule has 0 aliphatic heterocycles. The Bertz CT molecular complexity index is 896. The third kappa shape index (κ3) is 4.22. The highest BCUT2D eigenvalue weighted by Gasteiger charge is 2.22. The maximum absolute atomic E-state index is 12.2. The van der Waals surface area contributed by atoms with E-state index in [-0.39, 0.29) is 10.8 Å². The van der Waals surface area contributed by atoms with Gasteiger partial charge in [0.15, 0.2) is 17.0 Å². The van der Waals surface area contributed by atoms with Crippen LogP contribution in [0.15, 0.2) is 41.2 Å². The molecule has 3 aromatic heterocycles. The lowest BCUT2D eigenvalue weighted by Gasteiger charge is -2.13. The molecule has 0 saturated carbocycles. The average Bonchev–Trinajstić information content (AvgIpc) is 3.28. The molecule has 1 unspecified atom stereocenters. The number of carbonyl (C=O) groups excluding carboxylic acids is 2. The molecule has 3 heterocycles. The summed E-state index contributed by atoms with van der Waals surface area (Å²) in [5, 5.41) is 7.01. The summed E-state index contributed by atoms with van der Waals surface area (Å²) >= 11 is 8.77. The number of nitrogens with one attached hydrogen (secondary N) is 1. The lowest BCUT2D eigenvalue weighted by atomic mass is 10.3. The van der Waals surface area contributed by atoms with E-state index in [1.807, 2.05) is 17.5 Å². The molecule has 0 radical (unpaired) electrons. The van der Waals surface area contributed by atoms with E-state index in [0.29, 0.717) is 5.69 Å². The number of aromatic nitrogens is 2. The number of esters is 1. The smallest absolute Gasteiger partial charge is 0.358 e. The predicted molar refractivity (Wildman–Crippen MR) is 98.2 cm³/mol. The largest absolute Gasteiger partial charge is 0.448 e. The lowest BCUT2D eigenvalue weighted by molar-refractivity contribution is -0.123. The number of nitrogens with zero attached hydrogens (tertiary/aromatic N) is 2. The van der Waals surface area contributed by atoms with Crippen molar-refractivity contribution < 1.29 is 14.3 Å². The van der Waals surface area contributed by atoms with Crippen LogP contribution >= 0.6 is 34.3 Å². The van der Waals surface area contributed by atoms with Crippen molar-refractivity contribution in [2.75, 3.05) is 5.32 Å². The van der Waals surface area contributed by atoms with Crippen molar-refractivity contribution in [3.8, 4) is 9.88 Å². The van der Waals surface area contributed by atoms with Crippen molar-refractivity contribution in [1.82, 2.24) is 9.97 Å². The zero-order valence-corrected chi connectivity index (χ0v) is 15.3. The number of anilines is 1. The molecule has 1 atom stereocenters. The third-order valence-electron chi connectivity index (χ3n) is 3.12. The van der Waals surface area contributed by atoms with Gasteiger partial charge < -0.3 is 10.1 Å². The first-order valence-electron chi connectivity index (χ1n) is 7.16. The summed E-state index contributed by atoms with van der Waals surface area (Å²) in [7, 11) is 0. The van der Waals surface area contributed by atoms with Gasteiger partial charge in [-0.25, -0.2) is 14.8 Å². The molecule has 3 aromatic rings. The predicted octanol–water partition coefficient (Wildman–Crippen LogP) is 4.10. The van der Waals surface area contributed by atoms with E-state index >= 15 is 0 Å². The van der Waals surface area contributed by atoms with Crippen LogP contribution < -0.4 is 5.32 Å². The molecule has 0 fully saturated rings. The minimum absolute atomic E-state index is 0.162. The second-order valence-electron chi connectivity index (χ2n) is 4.89. The van der Waals surface area contributed by atoms with Crippen LogP contribution in [0.2, 0.25) is 5.15 Å². The molecule has 0 aliphatic carbocycles. The van der Waals surface area contributed by atoms with Crippen molar-refractivity contribution in [2.24, 2.45) is 0 Å². The fourth-order valence-electron chi connectivity index (χ4n) is 1.87. The summed E-state index contributed by atoms with van der Waals surface area (Å²) in [6, 6.07) is 7.08. The number of amides is 1. The SMILES string of the molecule is CC(OC(=O)c1csc(-c2cccs2)n1)C(=O)Nc1cccnc1Cl. The Balaban J connectivity index is 1.62. The quantitative estimate of drug-likeness (QED) is 0.521. The van der Waals surface area contributed by atoms with E-state index in [0.717, 1.165) is 9.88 Å². The molecule has 0 spiro atoms. The summed E-state index contributed by atoms with van der Waals surface area (Å²) in [4.78, 5) is 33.4. The van der Waals surface area contributed by atoms with Gasteiger partial charge in [0.25, 0.3) is 5.91 Å². The van der Waals surface area contributed by atoms with Crippen molar-refractivity contribution in [2.45, 2.75) is 13.0 Å². The molecule has 25 heavy (non-hydrogen) atoms. The molecule has 1 N–H and O–H groups in total. The monoisotopic (exact) mass is 393 g/mol. The molecule has 0 saturated heterocycles. The molecule has 1 amide bonds. The Morgan fingerprint density at radius 1 is 1.28 bits per heavy atom. The van der Waals surface area contributed by atoms with E-state index in [2.05, 4.69) is 15.3 Å². The number of halogens is 1. The van der Waals surface area contributed by atoms with Crippen LogP contribution in [0.4, 0.5) is 5.69 Å². The second kappa shape index (κ2) is 7.73. The van der Waals surface area contributed by atoms with Crippen molar-refractivity contribution >= 4 is 51.8 Å². The molecule has 0 bridgehead atoms. The number of pyridine rings is 1. The maximum atomic E-state index is 12.2. The van der Waals surface area contributed by atoms with Crippen molar-refractivity contribution in [1.29, 1.82) is 0 Å². The summed E-state index contributed by atoms with van der Waals surface area (Å²) in [6.07, 6.45) is 0.505. The van der Waals surface area contributed by atoms with E-state index in [4.69, 9.17) is 16.3 Å². The van der Waals surface area contributed by atoms with Gasteiger partial charge in [-0.1, -0.05) is 17.7 Å². The normalized spacial score (nSPS) is 11.8. The highest BCUT2D eigenvalue weighted by atomic mass is 35.5. The van der Waals surface area contributed by atoms with Gasteiger partial charge >= 0.3 is 5.97 Å². The van der Waals surface area contributed by atoms with Crippen LogP contribution in [0.1, 0.15) is 17.4 Å². The minimum Gasteiger partial charge on any atom is -0.448 e. The van der Waals surface area contributed by atoms with Crippen molar-refractivity contribution in [3.05, 3.63) is 52.1 Å². The average molecular weight is 394 g/mol. The van der Waals surface area contributed by atoms with Crippen LogP contribution in [0, 0.1) is 0 Å². The number of hydrogen-bond donors (Lipinski definition) is 1. The number of carbonyl (C=O) groups is 2. The minimum atomic E-state index is -1.00. The Morgan fingerprint density at radius 2 is 2.12 bits per heavy atom. The summed E-state index contributed by atoms with van der Waals surface area (Å²) in [5.41, 5.74) is 0.526. The Morgan fingerprint density at radius 3 is 2.84 bits per heavy atom. The second-order valence-corrected chi connectivity index (χ2v) is 7.06. The van der Waals surface area contributed by atoms with Crippen LogP contribution in [0.25, 0.3) is 9.88 Å². The van der Waals surface area contributed by atoms with E-state index in [1.54, 1.807) is 17.5 Å². The summed E-state index contributed by atoms with van der Waals surface area (Å²) in [5.74, 6) is -1.16. The standard InChI is InChI=1S/C16H12ClN3O3S2/c1-9(14(21)19-10-4-2-6-18-13(10)17)23-16(22)11-8-25-15(20-11)12-5-3-7-24-12/h2-9H,1H3,(H,19,21). The Kier molecular flexibility index (Phi) is 5.42. The van der Waals surface area contributed by atoms with Gasteiger partial charge in [-0.05, 0) is 30.5 Å². The van der Waals surface area contributed by atoms with Gasteiger partial charge in [-0.3, -0.25) is 4.79 Å². The van der Waals surface area contributed by atoms with E-state index in [1.165, 1.54) is 35.8 Å². The highest BCUT2D eigenvalue weighted by Crippen LogP contribution is 2.28. The van der Waals surface area contributed by atoms with Gasteiger partial charge in [-0.2, -0.15) is 0 Å². The van der Waals surface area contributed by atoms with Crippen LogP contribution in [0.3, 0.4) is 0 Å². The number of hydrogen-bond acceptors (Lipinski definition) is 7. The van der Waals surface area contributed by atoms with Gasteiger partial charge in [-0.15, -0.1) is 22.7 Å². The van der Waals surface area contributed by atoms with Crippen LogP contribution in [-0.4, -0.2) is 27.9 Å². The first-order valence-corrected chi connectivity index (χ1v) is 9.30. The third-order valence-corrected chi connectivity index (χ3v) is 5.30. The summed E-state index contributed by atoms with van der Waals surface area (Å²) in [6.45, 7) is 1.48. The van der Waals surface area contributed by atoms with E-state index in [9.17, 15) is 9.59 Å². The van der Waals surface area contributed by atoms with Gasteiger partial charge in [0.2, 0.25) is 0 Å². The number of thiazole rings is 1. The number of rotatable bonds is 5. The lowest BCUT2D eigenvalue weighted by Crippen LogP contribution is -2.30. The molecule has 0 aliphatic rings. The topological polar surface area (TPSA) is 81.2 Å². The number of thiophene rings is 1. The van der Waals surface area contributed by atoms with Gasteiger partial charge in [0.1, 0.15) is 5.01 Å². The van der Waals surface area contributed by atoms with Gasteiger partial charge in [0.05, 0.1) is 10.6 Å². The fraction of sp³-hybridized carbons (Fsp3) is 0.125. The zero-order chi connectivity index (χ0) is 17.8. The molecule has 3 rings (SSSR count). The molecule has 9 heteroatoms. The molecule has 6 nitrogen and oxygen atoms in total. The first kappa shape index (κ1) is 17.5.